The summed E-state index contributed by atoms with van der Waals surface area (Å²) in [4.78, 5) is 17.0. The van der Waals surface area contributed by atoms with Crippen LogP contribution in [0.2, 0.25) is 0 Å². The molecule has 1 aromatic carbocycles. The topological polar surface area (TPSA) is 99.0 Å². The third-order valence-electron chi connectivity index (χ3n) is 1.52. The van der Waals surface area contributed by atoms with Crippen molar-refractivity contribution in [2.45, 2.75) is 0 Å². The number of anilines is 1. The van der Waals surface area contributed by atoms with Crippen LogP contribution >= 0.6 is 7.82 Å². The zero-order chi connectivity index (χ0) is 11.3. The minimum atomic E-state index is -4.48. The van der Waals surface area contributed by atoms with E-state index in [2.05, 4.69) is 9.84 Å². The second kappa shape index (κ2) is 5.14. The molecule has 7 heteroatoms. The van der Waals surface area contributed by atoms with Gasteiger partial charge in [-0.1, -0.05) is 0 Å². The van der Waals surface area contributed by atoms with Crippen molar-refractivity contribution in [3.63, 3.8) is 0 Å². The molecule has 0 saturated heterocycles. The van der Waals surface area contributed by atoms with Crippen LogP contribution in [0.1, 0.15) is 0 Å². The van der Waals surface area contributed by atoms with Gasteiger partial charge in [-0.2, -0.15) is 0 Å². The molecule has 1 aromatic rings. The quantitative estimate of drug-likeness (QED) is 0.555. The molecule has 0 amide bonds. The lowest BCUT2D eigenvalue weighted by atomic mass is 10.3. The third kappa shape index (κ3) is 4.80. The molecule has 0 aromatic heterocycles. The Kier molecular flexibility index (Phi) is 4.11. The predicted octanol–water partition coefficient (Wildman–Crippen LogP) is 0.562. The fourth-order valence-corrected chi connectivity index (χ4v) is 1.37. The Balaban J connectivity index is 2.60. The molecule has 0 fully saturated rings. The van der Waals surface area contributed by atoms with Gasteiger partial charge in [0.2, 0.25) is 0 Å². The molecule has 0 heterocycles. The van der Waals surface area contributed by atoms with Crippen LogP contribution in [-0.2, 0) is 4.57 Å². The Morgan fingerprint density at radius 2 is 1.87 bits per heavy atom. The molecule has 0 unspecified atom stereocenters. The molecule has 6 nitrogen and oxygen atoms in total. The number of aliphatic hydroxyl groups is 1. The summed E-state index contributed by atoms with van der Waals surface area (Å²) < 4.78 is 14.8. The number of hydrogen-bond acceptors (Lipinski definition) is 4. The second-order valence-corrected chi connectivity index (χ2v) is 3.92. The summed E-state index contributed by atoms with van der Waals surface area (Å²) in [6.45, 7) is 0.430. The van der Waals surface area contributed by atoms with Gasteiger partial charge in [0, 0.05) is 12.2 Å². The monoisotopic (exact) mass is 233 g/mol. The molecule has 0 bridgehead atoms. The van der Waals surface area contributed by atoms with Crippen molar-refractivity contribution in [2.75, 3.05) is 18.5 Å². The Hall–Kier alpha value is -1.07. The molecule has 0 saturated carbocycles. The van der Waals surface area contributed by atoms with E-state index in [1.165, 1.54) is 12.1 Å². The first-order valence-corrected chi connectivity index (χ1v) is 5.74. The second-order valence-electron chi connectivity index (χ2n) is 2.76. The van der Waals surface area contributed by atoms with Crippen molar-refractivity contribution in [3.05, 3.63) is 24.3 Å². The largest absolute Gasteiger partial charge is 0.524 e. The zero-order valence-electron chi connectivity index (χ0n) is 7.83. The third-order valence-corrected chi connectivity index (χ3v) is 1.97. The SMILES string of the molecule is O=P(O)(O)Oc1ccc(NCCO)cc1. The van der Waals surface area contributed by atoms with Gasteiger partial charge >= 0.3 is 7.82 Å². The van der Waals surface area contributed by atoms with Crippen molar-refractivity contribution >= 4 is 13.5 Å². The molecule has 0 aliphatic heterocycles. The average molecular weight is 233 g/mol. The Morgan fingerprint density at radius 3 is 2.33 bits per heavy atom. The van der Waals surface area contributed by atoms with Crippen LogP contribution in [0.25, 0.3) is 0 Å². The van der Waals surface area contributed by atoms with E-state index in [1.807, 2.05) is 0 Å². The lowest BCUT2D eigenvalue weighted by Crippen LogP contribution is -2.04. The van der Waals surface area contributed by atoms with Crippen molar-refractivity contribution in [1.82, 2.24) is 0 Å². The lowest BCUT2D eigenvalue weighted by molar-refractivity contribution is 0.283. The molecule has 15 heavy (non-hydrogen) atoms. The van der Waals surface area contributed by atoms with Gasteiger partial charge in [-0.25, -0.2) is 4.57 Å². The summed E-state index contributed by atoms with van der Waals surface area (Å²) in [6, 6.07) is 6.05. The maximum Gasteiger partial charge on any atom is 0.524 e. The van der Waals surface area contributed by atoms with Gasteiger partial charge in [0.25, 0.3) is 0 Å². The van der Waals surface area contributed by atoms with Crippen LogP contribution in [0, 0.1) is 0 Å². The van der Waals surface area contributed by atoms with Gasteiger partial charge in [0.15, 0.2) is 0 Å². The van der Waals surface area contributed by atoms with Crippen LogP contribution in [0.15, 0.2) is 24.3 Å². The molecule has 4 N–H and O–H groups in total. The fraction of sp³-hybridized carbons (Fsp3) is 0.250. The highest BCUT2D eigenvalue weighted by Gasteiger charge is 2.15. The Bertz CT molecular complexity index is 347. The number of aliphatic hydroxyl groups excluding tert-OH is 1. The minimum absolute atomic E-state index is 0.0146. The first-order valence-electron chi connectivity index (χ1n) is 4.21. The standard InChI is InChI=1S/C8H12NO5P/c10-6-5-9-7-1-3-8(4-2-7)14-15(11,12)13/h1-4,9-10H,5-6H2,(H2,11,12,13). The van der Waals surface area contributed by atoms with E-state index in [-0.39, 0.29) is 12.4 Å². The molecule has 84 valence electrons. The molecular formula is C8H12NO5P. The number of hydrogen-bond donors (Lipinski definition) is 4. The number of nitrogens with one attached hydrogen (secondary N) is 1. The number of rotatable bonds is 5. The van der Waals surface area contributed by atoms with Gasteiger partial charge in [-0.15, -0.1) is 0 Å². The van der Waals surface area contributed by atoms with E-state index in [0.29, 0.717) is 6.54 Å². The van der Waals surface area contributed by atoms with E-state index < -0.39 is 7.82 Å². The molecule has 0 aliphatic carbocycles. The van der Waals surface area contributed by atoms with E-state index in [9.17, 15) is 4.57 Å². The Morgan fingerprint density at radius 1 is 1.27 bits per heavy atom. The molecule has 0 radical (unpaired) electrons. The van der Waals surface area contributed by atoms with Crippen LogP contribution in [0.3, 0.4) is 0 Å². The van der Waals surface area contributed by atoms with Gasteiger partial charge in [-0.3, -0.25) is 9.79 Å². The van der Waals surface area contributed by atoms with Gasteiger partial charge in [0.05, 0.1) is 6.61 Å². The van der Waals surface area contributed by atoms with Crippen LogP contribution in [0.4, 0.5) is 5.69 Å². The summed E-state index contributed by atoms with van der Waals surface area (Å²) in [5.74, 6) is 0.0953. The molecule has 0 atom stereocenters. The summed E-state index contributed by atoms with van der Waals surface area (Å²) in [6.07, 6.45) is 0. The maximum atomic E-state index is 10.5. The average Bonchev–Trinajstić information content (AvgIpc) is 2.14. The summed E-state index contributed by atoms with van der Waals surface area (Å²) >= 11 is 0. The van der Waals surface area contributed by atoms with E-state index in [0.717, 1.165) is 5.69 Å². The van der Waals surface area contributed by atoms with Crippen molar-refractivity contribution in [2.24, 2.45) is 0 Å². The van der Waals surface area contributed by atoms with Crippen molar-refractivity contribution in [3.8, 4) is 5.75 Å². The first-order chi connectivity index (χ1) is 7.01. The smallest absolute Gasteiger partial charge is 0.404 e. The van der Waals surface area contributed by atoms with Crippen molar-refractivity contribution < 1.29 is 24.0 Å². The predicted molar refractivity (Wildman–Crippen MR) is 54.7 cm³/mol. The molecular weight excluding hydrogens is 221 g/mol. The summed E-state index contributed by atoms with van der Waals surface area (Å²) in [5.41, 5.74) is 0.738. The van der Waals surface area contributed by atoms with Crippen LogP contribution in [0.5, 0.6) is 5.75 Å². The number of phosphoric acid groups is 1. The summed E-state index contributed by atoms with van der Waals surface area (Å²) in [7, 11) is -4.48. The number of benzene rings is 1. The van der Waals surface area contributed by atoms with Crippen LogP contribution < -0.4 is 9.84 Å². The molecule has 0 spiro atoms. The van der Waals surface area contributed by atoms with Gasteiger partial charge in [0.1, 0.15) is 5.75 Å². The first kappa shape index (κ1) is 12.0. The normalized spacial score (nSPS) is 11.1. The van der Waals surface area contributed by atoms with E-state index >= 15 is 0 Å². The minimum Gasteiger partial charge on any atom is -0.404 e. The lowest BCUT2D eigenvalue weighted by Gasteiger charge is -2.08. The fourth-order valence-electron chi connectivity index (χ4n) is 0.971. The zero-order valence-corrected chi connectivity index (χ0v) is 8.72. The maximum absolute atomic E-state index is 10.5. The van der Waals surface area contributed by atoms with E-state index in [4.69, 9.17) is 14.9 Å². The van der Waals surface area contributed by atoms with Crippen LogP contribution in [-0.4, -0.2) is 28.0 Å². The van der Waals surface area contributed by atoms with Crippen molar-refractivity contribution in [1.29, 1.82) is 0 Å². The molecule has 1 rings (SSSR count). The van der Waals surface area contributed by atoms with E-state index in [1.54, 1.807) is 12.1 Å². The Labute approximate surface area is 86.8 Å². The highest BCUT2D eigenvalue weighted by atomic mass is 31.2. The summed E-state index contributed by atoms with van der Waals surface area (Å²) in [5, 5.41) is 11.4. The highest BCUT2D eigenvalue weighted by Crippen LogP contribution is 2.37. The van der Waals surface area contributed by atoms with Gasteiger partial charge in [-0.05, 0) is 24.3 Å². The van der Waals surface area contributed by atoms with Gasteiger partial charge < -0.3 is 14.9 Å². The number of phosphoric ester groups is 1. The molecule has 0 aliphatic rings. The highest BCUT2D eigenvalue weighted by molar-refractivity contribution is 7.46.